The number of nitrogens with zero attached hydrogens (tertiary/aromatic N) is 2. The van der Waals surface area contributed by atoms with E-state index in [0.29, 0.717) is 12.1 Å². The van der Waals surface area contributed by atoms with E-state index in [-0.39, 0.29) is 34.9 Å². The van der Waals surface area contributed by atoms with Gasteiger partial charge in [0.05, 0.1) is 24.3 Å². The van der Waals surface area contributed by atoms with E-state index in [1.54, 1.807) is 24.3 Å². The number of methoxy groups -OCH3 is 1. The van der Waals surface area contributed by atoms with Crippen LogP contribution in [0.1, 0.15) is 18.9 Å². The molecule has 1 saturated heterocycles. The molecule has 1 aliphatic heterocycles. The average Bonchev–Trinajstić information content (AvgIpc) is 3.00. The van der Waals surface area contributed by atoms with Crippen molar-refractivity contribution in [3.05, 3.63) is 62.1 Å². The molecule has 0 bridgehead atoms. The van der Waals surface area contributed by atoms with Gasteiger partial charge in [-0.15, -0.1) is 0 Å². The number of ether oxygens (including phenoxy) is 2. The first-order chi connectivity index (χ1) is 14.3. The zero-order chi connectivity index (χ0) is 21.8. The van der Waals surface area contributed by atoms with Gasteiger partial charge < -0.3 is 9.47 Å². The summed E-state index contributed by atoms with van der Waals surface area (Å²) < 4.78 is 11.5. The number of anilines is 1. The summed E-state index contributed by atoms with van der Waals surface area (Å²) in [5, 5.41) is 12.6. The first-order valence-electron chi connectivity index (χ1n) is 8.97. The van der Waals surface area contributed by atoms with Crippen LogP contribution < -0.4 is 19.9 Å². The van der Waals surface area contributed by atoms with E-state index in [4.69, 9.17) is 9.47 Å². The van der Waals surface area contributed by atoms with Crippen molar-refractivity contribution in [2.45, 2.75) is 13.3 Å². The van der Waals surface area contributed by atoms with E-state index in [2.05, 4.69) is 21.4 Å². The van der Waals surface area contributed by atoms with Crippen molar-refractivity contribution in [3.63, 3.8) is 0 Å². The highest BCUT2D eigenvalue weighted by Gasteiger charge is 2.34. The van der Waals surface area contributed by atoms with Crippen LogP contribution in [0.2, 0.25) is 0 Å². The van der Waals surface area contributed by atoms with Crippen LogP contribution in [0.15, 0.2) is 46.4 Å². The lowest BCUT2D eigenvalue weighted by atomic mass is 10.1. The lowest BCUT2D eigenvalue weighted by molar-refractivity contribution is -0.386. The van der Waals surface area contributed by atoms with Crippen molar-refractivity contribution < 1.29 is 24.0 Å². The van der Waals surface area contributed by atoms with E-state index in [0.717, 1.165) is 9.48 Å². The molecule has 156 valence electrons. The van der Waals surface area contributed by atoms with Crippen LogP contribution in [0.4, 0.5) is 11.4 Å². The standard InChI is InChI=1S/C20H18BrN3O6/c1-3-8-30-18-16(24(27)28)10-12(11-17(18)29-2)9-15-19(25)22-23(20(15)26)14-6-4-13(21)5-7-14/h4-7,9-11H,3,8H2,1-2H3,(H,22,25)/b15-9-. The molecule has 0 aromatic heterocycles. The molecule has 0 saturated carbocycles. The van der Waals surface area contributed by atoms with Gasteiger partial charge in [0.1, 0.15) is 5.57 Å². The van der Waals surface area contributed by atoms with Crippen molar-refractivity contribution >= 4 is 45.2 Å². The Kier molecular flexibility index (Phi) is 6.36. The number of rotatable bonds is 7. The number of hydrazine groups is 1. The molecule has 10 heteroatoms. The normalized spacial score (nSPS) is 14.8. The number of nitrogens with one attached hydrogen (secondary N) is 1. The smallest absolute Gasteiger partial charge is 0.315 e. The summed E-state index contributed by atoms with van der Waals surface area (Å²) >= 11 is 3.31. The molecule has 0 spiro atoms. The number of hydrogen-bond donors (Lipinski definition) is 1. The maximum atomic E-state index is 12.8. The SMILES string of the molecule is CCCOc1c(OC)cc(/C=C2/C(=O)NN(c3ccc(Br)cc3)C2=O)cc1[N+](=O)[O-]. The van der Waals surface area contributed by atoms with Gasteiger partial charge in [0.15, 0.2) is 5.75 Å². The highest BCUT2D eigenvalue weighted by Crippen LogP contribution is 2.39. The number of benzene rings is 2. The summed E-state index contributed by atoms with van der Waals surface area (Å²) in [5.41, 5.74) is 2.76. The van der Waals surface area contributed by atoms with Crippen LogP contribution >= 0.6 is 15.9 Å². The number of carbonyl (C=O) groups is 2. The second-order valence-corrected chi connectivity index (χ2v) is 7.21. The number of nitro benzene ring substituents is 1. The number of carbonyl (C=O) groups excluding carboxylic acids is 2. The van der Waals surface area contributed by atoms with Gasteiger partial charge in [-0.3, -0.25) is 25.1 Å². The van der Waals surface area contributed by atoms with Gasteiger partial charge >= 0.3 is 5.69 Å². The van der Waals surface area contributed by atoms with Crippen molar-refractivity contribution in [1.82, 2.24) is 5.43 Å². The Morgan fingerprint density at radius 2 is 1.93 bits per heavy atom. The molecule has 0 radical (unpaired) electrons. The first kappa shape index (κ1) is 21.3. The molecule has 30 heavy (non-hydrogen) atoms. The van der Waals surface area contributed by atoms with E-state index >= 15 is 0 Å². The van der Waals surface area contributed by atoms with Gasteiger partial charge in [-0.2, -0.15) is 0 Å². The quantitative estimate of drug-likeness (QED) is 0.283. The second kappa shape index (κ2) is 8.95. The molecule has 1 aliphatic rings. The Bertz CT molecular complexity index is 1040. The predicted molar refractivity (Wildman–Crippen MR) is 113 cm³/mol. The lowest BCUT2D eigenvalue weighted by Crippen LogP contribution is -2.35. The van der Waals surface area contributed by atoms with Gasteiger partial charge in [0, 0.05) is 10.5 Å². The molecule has 0 atom stereocenters. The molecule has 9 nitrogen and oxygen atoms in total. The summed E-state index contributed by atoms with van der Waals surface area (Å²) in [6.45, 7) is 2.15. The predicted octanol–water partition coefficient (Wildman–Crippen LogP) is 3.62. The van der Waals surface area contributed by atoms with Crippen LogP contribution in [-0.4, -0.2) is 30.5 Å². The molecule has 1 fully saturated rings. The van der Waals surface area contributed by atoms with E-state index < -0.39 is 16.7 Å². The molecule has 2 aromatic carbocycles. The molecule has 1 N–H and O–H groups in total. The number of nitro groups is 1. The van der Waals surface area contributed by atoms with E-state index in [1.165, 1.54) is 25.3 Å². The minimum atomic E-state index is -0.615. The fourth-order valence-corrected chi connectivity index (χ4v) is 3.09. The number of halogens is 1. The summed E-state index contributed by atoms with van der Waals surface area (Å²) in [5.74, 6) is -1.04. The zero-order valence-corrected chi connectivity index (χ0v) is 17.8. The maximum Gasteiger partial charge on any atom is 0.315 e. The number of amides is 2. The monoisotopic (exact) mass is 475 g/mol. The van der Waals surface area contributed by atoms with E-state index in [1.807, 2.05) is 6.92 Å². The molecular formula is C20H18BrN3O6. The first-order valence-corrected chi connectivity index (χ1v) is 9.77. The fraction of sp³-hybridized carbons (Fsp3) is 0.200. The topological polar surface area (TPSA) is 111 Å². The van der Waals surface area contributed by atoms with Crippen molar-refractivity contribution in [2.24, 2.45) is 0 Å². The Morgan fingerprint density at radius 1 is 1.23 bits per heavy atom. The highest BCUT2D eigenvalue weighted by molar-refractivity contribution is 9.10. The minimum Gasteiger partial charge on any atom is -0.493 e. The molecule has 2 aromatic rings. The van der Waals surface area contributed by atoms with Gasteiger partial charge in [-0.1, -0.05) is 22.9 Å². The average molecular weight is 476 g/mol. The number of hydrogen-bond acceptors (Lipinski definition) is 6. The highest BCUT2D eigenvalue weighted by atomic mass is 79.9. The Balaban J connectivity index is 2.00. The minimum absolute atomic E-state index is 0.00480. The van der Waals surface area contributed by atoms with Crippen molar-refractivity contribution in [3.8, 4) is 11.5 Å². The Hall–Kier alpha value is -3.40. The third-order valence-corrected chi connectivity index (χ3v) is 4.74. The van der Waals surface area contributed by atoms with Crippen LogP contribution in [0, 0.1) is 10.1 Å². The summed E-state index contributed by atoms with van der Waals surface area (Å²) in [6.07, 6.45) is 1.95. The molecule has 1 heterocycles. The maximum absolute atomic E-state index is 12.8. The zero-order valence-electron chi connectivity index (χ0n) is 16.2. The van der Waals surface area contributed by atoms with E-state index in [9.17, 15) is 19.7 Å². The fourth-order valence-electron chi connectivity index (χ4n) is 2.82. The van der Waals surface area contributed by atoms with Crippen LogP contribution in [0.25, 0.3) is 6.08 Å². The second-order valence-electron chi connectivity index (χ2n) is 6.29. The van der Waals surface area contributed by atoms with Crippen molar-refractivity contribution in [1.29, 1.82) is 0 Å². The molecule has 2 amide bonds. The van der Waals surface area contributed by atoms with Gasteiger partial charge in [-0.25, -0.2) is 5.01 Å². The molecule has 0 unspecified atom stereocenters. The Morgan fingerprint density at radius 3 is 2.53 bits per heavy atom. The van der Waals surface area contributed by atoms with Crippen LogP contribution in [-0.2, 0) is 9.59 Å². The Labute approximate surface area is 180 Å². The van der Waals surface area contributed by atoms with Gasteiger partial charge in [-0.05, 0) is 48.4 Å². The third kappa shape index (κ3) is 4.28. The van der Waals surface area contributed by atoms with Gasteiger partial charge in [0.25, 0.3) is 11.8 Å². The van der Waals surface area contributed by atoms with Crippen LogP contribution in [0.5, 0.6) is 11.5 Å². The molecular weight excluding hydrogens is 458 g/mol. The largest absolute Gasteiger partial charge is 0.493 e. The molecule has 3 rings (SSSR count). The van der Waals surface area contributed by atoms with Crippen molar-refractivity contribution in [2.75, 3.05) is 18.7 Å². The summed E-state index contributed by atoms with van der Waals surface area (Å²) in [4.78, 5) is 36.1. The third-order valence-electron chi connectivity index (χ3n) is 4.21. The van der Waals surface area contributed by atoms with Gasteiger partial charge in [0.2, 0.25) is 5.75 Å². The lowest BCUT2D eigenvalue weighted by Gasteiger charge is -2.14. The summed E-state index contributed by atoms with van der Waals surface area (Å²) in [7, 11) is 1.36. The molecule has 0 aliphatic carbocycles. The van der Waals surface area contributed by atoms with Crippen LogP contribution in [0.3, 0.4) is 0 Å². The summed E-state index contributed by atoms with van der Waals surface area (Å²) in [6, 6.07) is 9.52.